The second kappa shape index (κ2) is 3.54. The molecular formula is CH5KO3S. The Balaban J connectivity index is -0.0000000800. The Morgan fingerprint density at radius 3 is 1.67 bits per heavy atom. The van der Waals surface area contributed by atoms with Crippen molar-refractivity contribution in [1.82, 2.24) is 0 Å². The molecule has 3 nitrogen and oxygen atoms in total. The maximum Gasteiger partial charge on any atom is 1.00 e. The summed E-state index contributed by atoms with van der Waals surface area (Å²) in [5, 5.41) is 0. The minimum absolute atomic E-state index is 0. The molecule has 0 heterocycles. The molecular weight excluding hydrogens is 131 g/mol. The van der Waals surface area contributed by atoms with E-state index in [-0.39, 0.29) is 52.8 Å². The Labute approximate surface area is 80.8 Å². The van der Waals surface area contributed by atoms with Gasteiger partial charge >= 0.3 is 51.4 Å². The van der Waals surface area contributed by atoms with E-state index in [2.05, 4.69) is 0 Å². The van der Waals surface area contributed by atoms with Crippen LogP contribution in [0.4, 0.5) is 0 Å². The van der Waals surface area contributed by atoms with Crippen LogP contribution in [0, 0.1) is 0 Å². The molecule has 34 valence electrons. The van der Waals surface area contributed by atoms with Gasteiger partial charge in [0, 0.05) is 0 Å². The van der Waals surface area contributed by atoms with Gasteiger partial charge in [-0.3, -0.25) is 4.55 Å². The van der Waals surface area contributed by atoms with Gasteiger partial charge in [-0.2, -0.15) is 8.42 Å². The van der Waals surface area contributed by atoms with Crippen molar-refractivity contribution in [2.24, 2.45) is 0 Å². The van der Waals surface area contributed by atoms with E-state index in [0.717, 1.165) is 0 Å². The van der Waals surface area contributed by atoms with Gasteiger partial charge in [-0.1, -0.05) is 0 Å². The Kier molecular flexibility index (Phi) is 6.20. The van der Waals surface area contributed by atoms with Crippen molar-refractivity contribution < 1.29 is 65.8 Å². The number of hydrogen-bond acceptors (Lipinski definition) is 2. The standard InChI is InChI=1S/CH4O3S.K.H/c1-5(2,3)4;;/h1H3,(H,2,3,4);;/q;+1;-1. The monoisotopic (exact) mass is 136 g/mol. The first-order chi connectivity index (χ1) is 2.00. The molecule has 6 heavy (non-hydrogen) atoms. The first kappa shape index (κ1) is 10.5. The molecule has 0 bridgehead atoms. The molecule has 0 saturated heterocycles. The Hall–Kier alpha value is 1.55. The molecule has 0 saturated carbocycles. The van der Waals surface area contributed by atoms with Crippen LogP contribution in [0.3, 0.4) is 0 Å². The van der Waals surface area contributed by atoms with E-state index in [9.17, 15) is 8.42 Å². The molecule has 0 aliphatic carbocycles. The fourth-order valence-electron chi connectivity index (χ4n) is 0. The summed E-state index contributed by atoms with van der Waals surface area (Å²) in [6, 6.07) is 0. The second-order valence-electron chi connectivity index (χ2n) is 0.733. The van der Waals surface area contributed by atoms with E-state index in [4.69, 9.17) is 4.55 Å². The van der Waals surface area contributed by atoms with Gasteiger partial charge in [0.25, 0.3) is 10.1 Å². The maximum atomic E-state index is 9.19. The van der Waals surface area contributed by atoms with Crippen molar-refractivity contribution in [3.63, 3.8) is 0 Å². The normalized spacial score (nSPS) is 9.67. The fraction of sp³-hybridized carbons (Fsp3) is 1.00. The smallest absolute Gasteiger partial charge is 1.00 e. The summed E-state index contributed by atoms with van der Waals surface area (Å²) in [5.74, 6) is 0. The summed E-state index contributed by atoms with van der Waals surface area (Å²) < 4.78 is 25.9. The first-order valence-corrected chi connectivity index (χ1v) is 2.77. The molecule has 0 aromatic carbocycles. The third kappa shape index (κ3) is 47.9. The molecule has 0 aliphatic heterocycles. The van der Waals surface area contributed by atoms with Crippen LogP contribution < -0.4 is 51.4 Å². The van der Waals surface area contributed by atoms with Crippen LogP contribution in [-0.4, -0.2) is 19.2 Å². The van der Waals surface area contributed by atoms with Crippen molar-refractivity contribution in [2.45, 2.75) is 0 Å². The van der Waals surface area contributed by atoms with Crippen LogP contribution in [0.2, 0.25) is 0 Å². The van der Waals surface area contributed by atoms with E-state index in [1.165, 1.54) is 0 Å². The van der Waals surface area contributed by atoms with E-state index in [1.807, 2.05) is 0 Å². The molecule has 5 heteroatoms. The summed E-state index contributed by atoms with van der Waals surface area (Å²) in [5.41, 5.74) is 0. The van der Waals surface area contributed by atoms with Gasteiger partial charge in [-0.15, -0.1) is 0 Å². The van der Waals surface area contributed by atoms with E-state index < -0.39 is 10.1 Å². The molecule has 0 aromatic rings. The SMILES string of the molecule is CS(=O)(=O)O.[H-].[K+]. The third-order valence-corrected chi connectivity index (χ3v) is 0. The average molecular weight is 136 g/mol. The van der Waals surface area contributed by atoms with Gasteiger partial charge in [-0.25, -0.2) is 0 Å². The molecule has 0 aromatic heterocycles. The summed E-state index contributed by atoms with van der Waals surface area (Å²) in [6.45, 7) is 0. The van der Waals surface area contributed by atoms with E-state index in [0.29, 0.717) is 6.26 Å². The van der Waals surface area contributed by atoms with E-state index in [1.54, 1.807) is 0 Å². The van der Waals surface area contributed by atoms with Crippen LogP contribution in [-0.2, 0) is 10.1 Å². The predicted octanol–water partition coefficient (Wildman–Crippen LogP) is -3.38. The Bertz CT molecular complexity index is 98.1. The summed E-state index contributed by atoms with van der Waals surface area (Å²) >= 11 is 0. The van der Waals surface area contributed by atoms with Crippen molar-refractivity contribution in [3.8, 4) is 0 Å². The second-order valence-corrected chi connectivity index (χ2v) is 2.20. The summed E-state index contributed by atoms with van der Waals surface area (Å²) in [4.78, 5) is 0. The first-order valence-electron chi connectivity index (χ1n) is 0.924. The van der Waals surface area contributed by atoms with Crippen molar-refractivity contribution in [2.75, 3.05) is 6.26 Å². The summed E-state index contributed by atoms with van der Waals surface area (Å²) in [6.07, 6.45) is 0.715. The zero-order valence-corrected chi connectivity index (χ0v) is 7.61. The van der Waals surface area contributed by atoms with Gasteiger partial charge < -0.3 is 1.43 Å². The molecule has 0 unspecified atom stereocenters. The Morgan fingerprint density at radius 1 is 1.67 bits per heavy atom. The molecule has 0 amide bonds. The molecule has 1 N–H and O–H groups in total. The molecule has 0 atom stereocenters. The zero-order valence-electron chi connectivity index (χ0n) is 4.67. The minimum atomic E-state index is -3.67. The fourth-order valence-corrected chi connectivity index (χ4v) is 0. The van der Waals surface area contributed by atoms with Crippen LogP contribution >= 0.6 is 0 Å². The Morgan fingerprint density at radius 2 is 1.67 bits per heavy atom. The van der Waals surface area contributed by atoms with E-state index >= 15 is 0 Å². The van der Waals surface area contributed by atoms with Gasteiger partial charge in [0.1, 0.15) is 0 Å². The maximum absolute atomic E-state index is 9.19. The molecule has 0 aliphatic rings. The topological polar surface area (TPSA) is 54.4 Å². The summed E-state index contributed by atoms with van der Waals surface area (Å²) in [7, 11) is -3.67. The minimum Gasteiger partial charge on any atom is -1.00 e. The number of rotatable bonds is 0. The zero-order chi connectivity index (χ0) is 4.50. The predicted molar refractivity (Wildman–Crippen MR) is 18.6 cm³/mol. The number of hydrogen-bond donors (Lipinski definition) is 1. The van der Waals surface area contributed by atoms with Gasteiger partial charge in [0.15, 0.2) is 0 Å². The van der Waals surface area contributed by atoms with Gasteiger partial charge in [0.05, 0.1) is 6.26 Å². The van der Waals surface area contributed by atoms with Crippen molar-refractivity contribution >= 4 is 10.1 Å². The largest absolute Gasteiger partial charge is 1.00 e. The van der Waals surface area contributed by atoms with Crippen molar-refractivity contribution in [3.05, 3.63) is 0 Å². The van der Waals surface area contributed by atoms with Crippen LogP contribution in [0.5, 0.6) is 0 Å². The van der Waals surface area contributed by atoms with Crippen LogP contribution in [0.15, 0.2) is 0 Å². The van der Waals surface area contributed by atoms with Gasteiger partial charge in [-0.05, 0) is 0 Å². The molecule has 0 spiro atoms. The quantitative estimate of drug-likeness (QED) is 0.279. The average Bonchev–Trinajstić information content (AvgIpc) is 0.722. The van der Waals surface area contributed by atoms with Crippen LogP contribution in [0.25, 0.3) is 0 Å². The third-order valence-electron chi connectivity index (χ3n) is 0. The van der Waals surface area contributed by atoms with Crippen LogP contribution in [0.1, 0.15) is 1.43 Å². The molecule has 0 fully saturated rings. The molecule has 0 radical (unpaired) electrons. The molecule has 0 rings (SSSR count). The van der Waals surface area contributed by atoms with Crippen molar-refractivity contribution in [1.29, 1.82) is 0 Å². The van der Waals surface area contributed by atoms with Gasteiger partial charge in [0.2, 0.25) is 0 Å².